The molecule has 1 fully saturated rings. The summed E-state index contributed by atoms with van der Waals surface area (Å²) in [5.41, 5.74) is 9.66. The molecular weight excluding hydrogens is 399 g/mol. The third-order valence-electron chi connectivity index (χ3n) is 5.66. The number of nitrogens with one attached hydrogen (secondary N) is 1. The highest BCUT2D eigenvalue weighted by Crippen LogP contribution is 2.32. The number of benzene rings is 1. The topological polar surface area (TPSA) is 111 Å². The minimum atomic E-state index is -0.954. The van der Waals surface area contributed by atoms with Crippen LogP contribution in [0.1, 0.15) is 35.5 Å². The molecule has 1 aromatic carbocycles. The van der Waals surface area contributed by atoms with E-state index in [0.717, 1.165) is 23.1 Å². The Hall–Kier alpha value is -3.75. The smallest absolute Gasteiger partial charge is 0.252 e. The average Bonchev–Trinajstić information content (AvgIpc) is 3.48. The van der Waals surface area contributed by atoms with Crippen LogP contribution in [0.5, 0.6) is 0 Å². The number of amides is 1. The van der Waals surface area contributed by atoms with Gasteiger partial charge in [0.1, 0.15) is 6.17 Å². The van der Waals surface area contributed by atoms with Crippen LogP contribution in [0.2, 0.25) is 0 Å². The van der Waals surface area contributed by atoms with E-state index in [1.54, 1.807) is 11.4 Å². The number of fused-ring (bicyclic) bond motifs is 1. The van der Waals surface area contributed by atoms with Crippen LogP contribution in [0, 0.1) is 6.92 Å². The Labute approximate surface area is 177 Å². The zero-order valence-corrected chi connectivity index (χ0v) is 16.9. The Morgan fingerprint density at radius 1 is 1.19 bits per heavy atom. The molecule has 8 nitrogen and oxygen atoms in total. The molecule has 1 saturated carbocycles. The zero-order chi connectivity index (χ0) is 21.5. The molecular formula is C22H21FN6O2. The lowest BCUT2D eigenvalue weighted by atomic mass is 10.1. The predicted octanol–water partition coefficient (Wildman–Crippen LogP) is 3.76. The van der Waals surface area contributed by atoms with Crippen molar-refractivity contribution in [2.45, 2.75) is 38.4 Å². The quantitative estimate of drug-likeness (QED) is 0.508. The van der Waals surface area contributed by atoms with Gasteiger partial charge in [-0.2, -0.15) is 5.10 Å². The molecule has 0 bridgehead atoms. The highest BCUT2D eigenvalue weighted by atomic mass is 19.1. The van der Waals surface area contributed by atoms with Gasteiger partial charge in [-0.1, -0.05) is 12.1 Å². The Kier molecular flexibility index (Phi) is 4.65. The van der Waals surface area contributed by atoms with Gasteiger partial charge in [-0.05, 0) is 43.0 Å². The van der Waals surface area contributed by atoms with Gasteiger partial charge in [-0.3, -0.25) is 4.79 Å². The first-order valence-corrected chi connectivity index (χ1v) is 10.1. The van der Waals surface area contributed by atoms with Crippen LogP contribution in [0.15, 0.2) is 47.1 Å². The van der Waals surface area contributed by atoms with Crippen molar-refractivity contribution >= 4 is 17.1 Å². The number of aryl methyl sites for hydroxylation is 1. The largest absolute Gasteiger partial charge is 0.421 e. The first-order valence-electron chi connectivity index (χ1n) is 10.1. The third-order valence-corrected chi connectivity index (χ3v) is 5.66. The van der Waals surface area contributed by atoms with Crippen molar-refractivity contribution in [3.05, 3.63) is 54.2 Å². The number of hydrogen-bond acceptors (Lipinski definition) is 6. The molecule has 5 rings (SSSR count). The van der Waals surface area contributed by atoms with Gasteiger partial charge in [0.05, 0.1) is 29.0 Å². The first-order chi connectivity index (χ1) is 15.0. The van der Waals surface area contributed by atoms with Crippen molar-refractivity contribution in [1.82, 2.24) is 19.8 Å². The summed E-state index contributed by atoms with van der Waals surface area (Å²) in [7, 11) is 0. The van der Waals surface area contributed by atoms with Crippen LogP contribution >= 0.6 is 0 Å². The Morgan fingerprint density at radius 2 is 1.97 bits per heavy atom. The van der Waals surface area contributed by atoms with Gasteiger partial charge in [0.15, 0.2) is 0 Å². The second kappa shape index (κ2) is 7.50. The molecule has 4 aromatic rings. The zero-order valence-electron chi connectivity index (χ0n) is 16.9. The van der Waals surface area contributed by atoms with Gasteiger partial charge in [-0.15, -0.1) is 10.2 Å². The fourth-order valence-electron chi connectivity index (χ4n) is 4.03. The van der Waals surface area contributed by atoms with E-state index in [-0.39, 0.29) is 11.6 Å². The number of rotatable bonds is 5. The number of halogens is 1. The lowest BCUT2D eigenvalue weighted by Crippen LogP contribution is -2.27. The maximum Gasteiger partial charge on any atom is 0.252 e. The molecule has 0 unspecified atom stereocenters. The van der Waals surface area contributed by atoms with Gasteiger partial charge in [0.2, 0.25) is 11.8 Å². The summed E-state index contributed by atoms with van der Waals surface area (Å²) >= 11 is 0. The van der Waals surface area contributed by atoms with Crippen molar-refractivity contribution < 1.29 is 13.6 Å². The second-order valence-corrected chi connectivity index (χ2v) is 7.76. The fraction of sp³-hybridized carbons (Fsp3) is 0.273. The minimum Gasteiger partial charge on any atom is -0.421 e. The molecule has 3 N–H and O–H groups in total. The molecule has 0 saturated heterocycles. The standard InChI is InChI=1S/C22H21FN6O2/c1-12-27-28-22(31-12)14-7-5-13(6-8-14)15-9-19-20(26-18-4-2-3-17(18)23)16(21(24)30)10-25-29(19)11-15/h5-11,17-18,26H,2-4H2,1H3,(H2,24,30)/t17-,18+/m0/s1. The molecule has 1 amide bonds. The lowest BCUT2D eigenvalue weighted by molar-refractivity contribution is 0.100. The normalized spacial score (nSPS) is 18.5. The molecule has 0 aliphatic heterocycles. The third kappa shape index (κ3) is 3.52. The van der Waals surface area contributed by atoms with Crippen molar-refractivity contribution in [2.75, 3.05) is 5.32 Å². The molecule has 3 heterocycles. The molecule has 3 aromatic heterocycles. The summed E-state index contributed by atoms with van der Waals surface area (Å²) in [6.07, 6.45) is 4.36. The lowest BCUT2D eigenvalue weighted by Gasteiger charge is -2.19. The summed E-state index contributed by atoms with van der Waals surface area (Å²) in [6, 6.07) is 9.26. The van der Waals surface area contributed by atoms with Crippen LogP contribution in [-0.4, -0.2) is 37.9 Å². The van der Waals surface area contributed by atoms with Gasteiger partial charge in [0.25, 0.3) is 5.91 Å². The van der Waals surface area contributed by atoms with Crippen molar-refractivity contribution in [1.29, 1.82) is 0 Å². The first kappa shape index (κ1) is 19.2. The van der Waals surface area contributed by atoms with Gasteiger partial charge < -0.3 is 15.5 Å². The molecule has 9 heteroatoms. The van der Waals surface area contributed by atoms with E-state index in [2.05, 4.69) is 20.6 Å². The van der Waals surface area contributed by atoms with Crippen molar-refractivity contribution in [3.63, 3.8) is 0 Å². The number of primary amides is 1. The highest BCUT2D eigenvalue weighted by molar-refractivity contribution is 6.02. The molecule has 158 valence electrons. The number of nitrogens with two attached hydrogens (primary N) is 1. The highest BCUT2D eigenvalue weighted by Gasteiger charge is 2.29. The number of aromatic nitrogens is 4. The SMILES string of the molecule is Cc1nnc(-c2ccc(-c3cc4c(N[C@@H]5CCC[C@@H]5F)c(C(N)=O)cnn4c3)cc2)o1. The van der Waals surface area contributed by atoms with E-state index in [9.17, 15) is 9.18 Å². The van der Waals surface area contributed by atoms with Crippen LogP contribution < -0.4 is 11.1 Å². The maximum atomic E-state index is 14.2. The number of carbonyl (C=O) groups is 1. The van der Waals surface area contributed by atoms with E-state index < -0.39 is 12.1 Å². The van der Waals surface area contributed by atoms with Crippen LogP contribution in [0.3, 0.4) is 0 Å². The summed E-state index contributed by atoms with van der Waals surface area (Å²) in [5, 5.41) is 15.4. The van der Waals surface area contributed by atoms with E-state index in [0.29, 0.717) is 35.8 Å². The van der Waals surface area contributed by atoms with Crippen molar-refractivity contribution in [2.24, 2.45) is 5.73 Å². The second-order valence-electron chi connectivity index (χ2n) is 7.76. The summed E-state index contributed by atoms with van der Waals surface area (Å²) in [4.78, 5) is 12.0. The number of hydrogen-bond donors (Lipinski definition) is 2. The Bertz CT molecular complexity index is 1260. The van der Waals surface area contributed by atoms with Gasteiger partial charge >= 0.3 is 0 Å². The monoisotopic (exact) mass is 420 g/mol. The summed E-state index contributed by atoms with van der Waals surface area (Å²) in [5.74, 6) is 0.363. The predicted molar refractivity (Wildman–Crippen MR) is 113 cm³/mol. The van der Waals surface area contributed by atoms with E-state index >= 15 is 0 Å². The molecule has 2 atom stereocenters. The van der Waals surface area contributed by atoms with Crippen LogP contribution in [-0.2, 0) is 0 Å². The molecule has 1 aliphatic rings. The molecule has 31 heavy (non-hydrogen) atoms. The average molecular weight is 420 g/mol. The van der Waals surface area contributed by atoms with Gasteiger partial charge in [0, 0.05) is 24.2 Å². The molecule has 1 aliphatic carbocycles. The van der Waals surface area contributed by atoms with Gasteiger partial charge in [-0.25, -0.2) is 8.91 Å². The molecule has 0 spiro atoms. The fourth-order valence-corrected chi connectivity index (χ4v) is 4.03. The number of carbonyl (C=O) groups excluding carboxylic acids is 1. The van der Waals surface area contributed by atoms with E-state index in [1.165, 1.54) is 6.20 Å². The van der Waals surface area contributed by atoms with E-state index in [4.69, 9.17) is 10.2 Å². The number of alkyl halides is 1. The Balaban J connectivity index is 1.53. The summed E-state index contributed by atoms with van der Waals surface area (Å²) < 4.78 is 21.4. The Morgan fingerprint density at radius 3 is 2.61 bits per heavy atom. The van der Waals surface area contributed by atoms with Crippen LogP contribution in [0.25, 0.3) is 28.1 Å². The summed E-state index contributed by atoms with van der Waals surface area (Å²) in [6.45, 7) is 1.74. The molecule has 0 radical (unpaired) electrons. The van der Waals surface area contributed by atoms with Crippen molar-refractivity contribution in [3.8, 4) is 22.6 Å². The number of nitrogens with zero attached hydrogens (tertiary/aromatic N) is 4. The van der Waals surface area contributed by atoms with Crippen LogP contribution in [0.4, 0.5) is 10.1 Å². The number of anilines is 1. The van der Waals surface area contributed by atoms with E-state index in [1.807, 2.05) is 36.5 Å². The maximum absolute atomic E-state index is 14.2. The minimum absolute atomic E-state index is 0.248.